The molecule has 0 radical (unpaired) electrons. The molecule has 0 saturated heterocycles. The molecule has 0 atom stereocenters. The summed E-state index contributed by atoms with van der Waals surface area (Å²) >= 11 is 6.20. The highest BCUT2D eigenvalue weighted by molar-refractivity contribution is 6.31. The number of ether oxygens (including phenoxy) is 3. The van der Waals surface area contributed by atoms with Crippen molar-refractivity contribution in [2.24, 2.45) is 0 Å². The molecule has 0 heterocycles. The van der Waals surface area contributed by atoms with E-state index in [0.717, 1.165) is 21.9 Å². The summed E-state index contributed by atoms with van der Waals surface area (Å²) in [6, 6.07) is 4.01. The van der Waals surface area contributed by atoms with E-state index in [1.54, 1.807) is 0 Å². The van der Waals surface area contributed by atoms with Crippen molar-refractivity contribution in [3.63, 3.8) is 0 Å². The summed E-state index contributed by atoms with van der Waals surface area (Å²) in [6.45, 7) is 12.0. The van der Waals surface area contributed by atoms with Gasteiger partial charge in [0.1, 0.15) is 5.75 Å². The molecule has 0 amide bonds. The van der Waals surface area contributed by atoms with Gasteiger partial charge >= 0.3 is 0 Å². The van der Waals surface area contributed by atoms with Crippen molar-refractivity contribution in [1.29, 1.82) is 0 Å². The smallest absolute Gasteiger partial charge is 0.160 e. The van der Waals surface area contributed by atoms with Crippen molar-refractivity contribution < 1.29 is 14.2 Å². The van der Waals surface area contributed by atoms with E-state index in [-0.39, 0.29) is 6.29 Å². The van der Waals surface area contributed by atoms with Crippen LogP contribution < -0.4 is 4.74 Å². The van der Waals surface area contributed by atoms with Crippen molar-refractivity contribution in [2.75, 3.05) is 19.8 Å². The fourth-order valence-electron chi connectivity index (χ4n) is 2.10. The minimum absolute atomic E-state index is 0.198. The second-order valence-corrected chi connectivity index (χ2v) is 5.68. The van der Waals surface area contributed by atoms with Gasteiger partial charge in [-0.2, -0.15) is 0 Å². The molecule has 1 aromatic carbocycles. The van der Waals surface area contributed by atoms with Gasteiger partial charge in [-0.3, -0.25) is 0 Å². The van der Waals surface area contributed by atoms with E-state index in [2.05, 4.69) is 13.8 Å². The topological polar surface area (TPSA) is 27.7 Å². The van der Waals surface area contributed by atoms with Crippen LogP contribution in [-0.2, 0) is 9.47 Å². The number of halogens is 1. The van der Waals surface area contributed by atoms with Crippen molar-refractivity contribution in [3.05, 3.63) is 28.3 Å². The van der Waals surface area contributed by atoms with Crippen LogP contribution >= 0.6 is 11.6 Å². The molecular formula is C17H27ClO3. The minimum atomic E-state index is -0.198. The van der Waals surface area contributed by atoms with Gasteiger partial charge in [-0.05, 0) is 49.9 Å². The lowest BCUT2D eigenvalue weighted by molar-refractivity contribution is -0.142. The molecule has 1 aromatic rings. The van der Waals surface area contributed by atoms with Crippen LogP contribution in [0.25, 0.3) is 0 Å². The van der Waals surface area contributed by atoms with Gasteiger partial charge in [-0.25, -0.2) is 0 Å². The number of rotatable bonds is 9. The van der Waals surface area contributed by atoms with Gasteiger partial charge in [0, 0.05) is 24.7 Å². The Bertz CT molecular complexity index is 426. The van der Waals surface area contributed by atoms with E-state index in [1.165, 1.54) is 0 Å². The Kier molecular flexibility index (Phi) is 8.09. The lowest BCUT2D eigenvalue weighted by Gasteiger charge is -2.19. The molecular weight excluding hydrogens is 288 g/mol. The zero-order chi connectivity index (χ0) is 15.8. The molecule has 0 saturated carbocycles. The predicted octanol–water partition coefficient (Wildman–Crippen LogP) is 4.94. The van der Waals surface area contributed by atoms with Crippen molar-refractivity contribution in [1.82, 2.24) is 0 Å². The maximum atomic E-state index is 6.20. The zero-order valence-corrected chi connectivity index (χ0v) is 14.5. The Balaban J connectivity index is 2.67. The number of aryl methyl sites for hydroxylation is 1. The third kappa shape index (κ3) is 5.85. The summed E-state index contributed by atoms with van der Waals surface area (Å²) in [4.78, 5) is 0. The van der Waals surface area contributed by atoms with Crippen LogP contribution in [0.2, 0.25) is 5.02 Å². The molecule has 0 aliphatic heterocycles. The number of hydrogen-bond donors (Lipinski definition) is 0. The van der Waals surface area contributed by atoms with Crippen molar-refractivity contribution in [2.45, 2.75) is 53.2 Å². The first kappa shape index (κ1) is 18.3. The first-order chi connectivity index (χ1) is 9.99. The van der Waals surface area contributed by atoms with Gasteiger partial charge < -0.3 is 14.2 Å². The predicted molar refractivity (Wildman–Crippen MR) is 87.4 cm³/mol. The molecule has 1 rings (SSSR count). The summed E-state index contributed by atoms with van der Waals surface area (Å²) in [6.07, 6.45) is 0.511. The SMILES string of the molecule is CCOC(CCOc1cc(C)c(Cl)cc1C(C)C)OCC. The Morgan fingerprint density at radius 2 is 1.71 bits per heavy atom. The largest absolute Gasteiger partial charge is 0.493 e. The molecule has 0 aliphatic rings. The van der Waals surface area contributed by atoms with Gasteiger partial charge in [0.25, 0.3) is 0 Å². The Labute approximate surface area is 133 Å². The second-order valence-electron chi connectivity index (χ2n) is 5.27. The quantitative estimate of drug-likeness (QED) is 0.604. The first-order valence-corrected chi connectivity index (χ1v) is 8.03. The van der Waals surface area contributed by atoms with E-state index >= 15 is 0 Å². The summed E-state index contributed by atoms with van der Waals surface area (Å²) in [5.74, 6) is 1.27. The molecule has 0 fully saturated rings. The van der Waals surface area contributed by atoms with Crippen LogP contribution in [0.4, 0.5) is 0 Å². The summed E-state index contributed by atoms with van der Waals surface area (Å²) in [5, 5.41) is 0.785. The summed E-state index contributed by atoms with van der Waals surface area (Å²) < 4.78 is 17.0. The Hall–Kier alpha value is -0.770. The van der Waals surface area contributed by atoms with E-state index in [1.807, 2.05) is 32.9 Å². The second kappa shape index (κ2) is 9.29. The average Bonchev–Trinajstić information content (AvgIpc) is 2.42. The standard InChI is InChI=1S/C17H27ClO3/c1-6-19-17(20-7-2)8-9-21-16-10-13(5)15(18)11-14(16)12(3)4/h10-12,17H,6-9H2,1-5H3. The maximum Gasteiger partial charge on any atom is 0.160 e. The Morgan fingerprint density at radius 1 is 1.10 bits per heavy atom. The first-order valence-electron chi connectivity index (χ1n) is 7.65. The lowest BCUT2D eigenvalue weighted by atomic mass is 10.0. The van der Waals surface area contributed by atoms with E-state index in [0.29, 0.717) is 32.2 Å². The molecule has 0 spiro atoms. The summed E-state index contributed by atoms with van der Waals surface area (Å²) in [7, 11) is 0. The molecule has 0 aliphatic carbocycles. The normalized spacial score (nSPS) is 11.4. The Morgan fingerprint density at radius 3 is 2.24 bits per heavy atom. The number of benzene rings is 1. The average molecular weight is 315 g/mol. The van der Waals surface area contributed by atoms with E-state index < -0.39 is 0 Å². The van der Waals surface area contributed by atoms with Crippen LogP contribution in [0.1, 0.15) is 51.2 Å². The highest BCUT2D eigenvalue weighted by Gasteiger charge is 2.13. The fourth-order valence-corrected chi connectivity index (χ4v) is 2.27. The molecule has 0 aromatic heterocycles. The monoisotopic (exact) mass is 314 g/mol. The van der Waals surface area contributed by atoms with E-state index in [9.17, 15) is 0 Å². The zero-order valence-electron chi connectivity index (χ0n) is 13.7. The molecule has 3 nitrogen and oxygen atoms in total. The van der Waals surface area contributed by atoms with Gasteiger partial charge in [0.05, 0.1) is 6.61 Å². The van der Waals surface area contributed by atoms with Crippen LogP contribution in [0.5, 0.6) is 5.75 Å². The van der Waals surface area contributed by atoms with Crippen LogP contribution in [-0.4, -0.2) is 26.1 Å². The highest BCUT2D eigenvalue weighted by Crippen LogP contribution is 2.32. The van der Waals surface area contributed by atoms with Crippen molar-refractivity contribution >= 4 is 11.6 Å². The lowest BCUT2D eigenvalue weighted by Crippen LogP contribution is -2.20. The molecule has 0 N–H and O–H groups in total. The van der Waals surface area contributed by atoms with Crippen LogP contribution in [0, 0.1) is 6.92 Å². The van der Waals surface area contributed by atoms with E-state index in [4.69, 9.17) is 25.8 Å². The highest BCUT2D eigenvalue weighted by atomic mass is 35.5. The third-order valence-corrected chi connectivity index (χ3v) is 3.64. The molecule has 120 valence electrons. The molecule has 0 unspecified atom stereocenters. The van der Waals surface area contributed by atoms with Crippen LogP contribution in [0.15, 0.2) is 12.1 Å². The molecule has 0 bridgehead atoms. The summed E-state index contributed by atoms with van der Waals surface area (Å²) in [5.41, 5.74) is 2.16. The van der Waals surface area contributed by atoms with Gasteiger partial charge in [-0.1, -0.05) is 25.4 Å². The third-order valence-electron chi connectivity index (χ3n) is 3.23. The van der Waals surface area contributed by atoms with Gasteiger partial charge in [0.15, 0.2) is 6.29 Å². The molecule has 21 heavy (non-hydrogen) atoms. The fraction of sp³-hybridized carbons (Fsp3) is 0.647. The van der Waals surface area contributed by atoms with Gasteiger partial charge in [0.2, 0.25) is 0 Å². The maximum absolute atomic E-state index is 6.20. The number of hydrogen-bond acceptors (Lipinski definition) is 3. The van der Waals surface area contributed by atoms with Crippen LogP contribution in [0.3, 0.4) is 0 Å². The van der Waals surface area contributed by atoms with Crippen molar-refractivity contribution in [3.8, 4) is 5.75 Å². The molecule has 4 heteroatoms. The minimum Gasteiger partial charge on any atom is -0.493 e. The van der Waals surface area contributed by atoms with Gasteiger partial charge in [-0.15, -0.1) is 0 Å².